The Morgan fingerprint density at radius 3 is 2.44 bits per heavy atom. The molecule has 0 amide bonds. The van der Waals surface area contributed by atoms with E-state index in [1.165, 1.54) is 34.0 Å². The van der Waals surface area contributed by atoms with Gasteiger partial charge in [0.2, 0.25) is 10.0 Å². The predicted octanol–water partition coefficient (Wildman–Crippen LogP) is 4.40. The molecule has 1 heterocycles. The van der Waals surface area contributed by atoms with Gasteiger partial charge in [-0.05, 0) is 31.2 Å². The number of sulfonamides is 1. The summed E-state index contributed by atoms with van der Waals surface area (Å²) < 4.78 is 38.3. The number of hydrogen-bond donors (Lipinski definition) is 0. The van der Waals surface area contributed by atoms with Gasteiger partial charge in [0.05, 0.1) is 17.6 Å². The molecule has 0 radical (unpaired) electrons. The van der Waals surface area contributed by atoms with Crippen molar-refractivity contribution in [1.82, 2.24) is 4.98 Å². The molecule has 7 heteroatoms. The van der Waals surface area contributed by atoms with E-state index in [4.69, 9.17) is 0 Å². The Balaban J connectivity index is 1.89. The molecule has 0 fully saturated rings. The van der Waals surface area contributed by atoms with Crippen LogP contribution in [0.5, 0.6) is 0 Å². The Morgan fingerprint density at radius 1 is 1.12 bits per heavy atom. The molecule has 0 bridgehead atoms. The number of rotatable bonds is 5. The molecule has 0 spiro atoms. The molecule has 25 heavy (non-hydrogen) atoms. The monoisotopic (exact) mass is 376 g/mol. The number of hydrogen-bond acceptors (Lipinski definition) is 4. The maximum Gasteiger partial charge on any atom is 0.232 e. The first-order chi connectivity index (χ1) is 11.9. The van der Waals surface area contributed by atoms with Crippen molar-refractivity contribution in [3.05, 3.63) is 59.7 Å². The summed E-state index contributed by atoms with van der Waals surface area (Å²) in [6.07, 6.45) is 1.19. The lowest BCUT2D eigenvalue weighted by Crippen LogP contribution is -2.29. The van der Waals surface area contributed by atoms with Gasteiger partial charge < -0.3 is 0 Å². The van der Waals surface area contributed by atoms with Crippen LogP contribution in [-0.2, 0) is 10.0 Å². The lowest BCUT2D eigenvalue weighted by Gasteiger charge is -2.20. The van der Waals surface area contributed by atoms with E-state index in [0.717, 1.165) is 21.8 Å². The van der Waals surface area contributed by atoms with Gasteiger partial charge in [-0.3, -0.25) is 4.31 Å². The fourth-order valence-electron chi connectivity index (χ4n) is 2.57. The summed E-state index contributed by atoms with van der Waals surface area (Å²) in [6, 6.07) is 13.5. The molecule has 130 valence electrons. The zero-order valence-corrected chi connectivity index (χ0v) is 15.4. The minimum absolute atomic E-state index is 0.293. The number of thiazole rings is 1. The van der Waals surface area contributed by atoms with Gasteiger partial charge in [-0.1, -0.05) is 24.3 Å². The van der Waals surface area contributed by atoms with E-state index in [1.807, 2.05) is 23.6 Å². The number of nitrogens with zero attached hydrogens (tertiary/aromatic N) is 2. The number of aromatic nitrogens is 1. The van der Waals surface area contributed by atoms with Gasteiger partial charge in [-0.15, -0.1) is 11.3 Å². The molecule has 0 N–H and O–H groups in total. The normalized spacial score (nSPS) is 11.5. The fourth-order valence-corrected chi connectivity index (χ4v) is 4.37. The molecule has 0 aliphatic rings. The van der Waals surface area contributed by atoms with Crippen LogP contribution in [0.2, 0.25) is 0 Å². The molecule has 0 saturated heterocycles. The average molecular weight is 376 g/mol. The second-order valence-electron chi connectivity index (χ2n) is 5.52. The summed E-state index contributed by atoms with van der Waals surface area (Å²) in [5, 5.41) is 2.65. The second-order valence-corrected chi connectivity index (χ2v) is 8.29. The van der Waals surface area contributed by atoms with Crippen molar-refractivity contribution in [2.45, 2.75) is 6.92 Å². The van der Waals surface area contributed by atoms with Crippen LogP contribution in [0.4, 0.5) is 10.1 Å². The van der Waals surface area contributed by atoms with Crippen molar-refractivity contribution >= 4 is 27.0 Å². The van der Waals surface area contributed by atoms with Gasteiger partial charge in [0.25, 0.3) is 0 Å². The van der Waals surface area contributed by atoms with Crippen molar-refractivity contribution in [2.75, 3.05) is 17.1 Å². The van der Waals surface area contributed by atoms with E-state index in [1.54, 1.807) is 25.1 Å². The lowest BCUT2D eigenvalue weighted by atomic mass is 10.1. The smallest absolute Gasteiger partial charge is 0.232 e. The molecule has 0 aliphatic carbocycles. The van der Waals surface area contributed by atoms with Crippen LogP contribution in [0.3, 0.4) is 0 Å². The molecule has 1 aromatic heterocycles. The lowest BCUT2D eigenvalue weighted by molar-refractivity contribution is 0.598. The predicted molar refractivity (Wildman–Crippen MR) is 101 cm³/mol. The minimum Gasteiger partial charge on any atom is -0.271 e. The SMILES string of the molecule is CCN(c1ccc(-c2csc(-c3cccc(F)c3)n2)cc1)S(C)(=O)=O. The third kappa shape index (κ3) is 3.88. The van der Waals surface area contributed by atoms with Gasteiger partial charge in [-0.25, -0.2) is 17.8 Å². The summed E-state index contributed by atoms with van der Waals surface area (Å²) in [7, 11) is -3.30. The number of benzene rings is 2. The summed E-state index contributed by atoms with van der Waals surface area (Å²) in [6.45, 7) is 2.17. The molecule has 0 unspecified atom stereocenters. The van der Waals surface area contributed by atoms with Crippen LogP contribution >= 0.6 is 11.3 Å². The molecule has 3 aromatic rings. The van der Waals surface area contributed by atoms with Crippen LogP contribution in [-0.4, -0.2) is 26.2 Å². The van der Waals surface area contributed by atoms with E-state index in [0.29, 0.717) is 12.2 Å². The van der Waals surface area contributed by atoms with Gasteiger partial charge >= 0.3 is 0 Å². The third-order valence-corrected chi connectivity index (χ3v) is 5.88. The molecule has 0 atom stereocenters. The maximum atomic E-state index is 13.4. The highest BCUT2D eigenvalue weighted by Crippen LogP contribution is 2.30. The molecular formula is C18H17FN2O2S2. The molecule has 0 saturated carbocycles. The third-order valence-electron chi connectivity index (χ3n) is 3.71. The van der Waals surface area contributed by atoms with E-state index >= 15 is 0 Å². The van der Waals surface area contributed by atoms with Crippen molar-refractivity contribution in [3.8, 4) is 21.8 Å². The zero-order valence-electron chi connectivity index (χ0n) is 13.8. The van der Waals surface area contributed by atoms with Crippen molar-refractivity contribution < 1.29 is 12.8 Å². The molecule has 4 nitrogen and oxygen atoms in total. The van der Waals surface area contributed by atoms with Gasteiger partial charge in [0.1, 0.15) is 10.8 Å². The largest absolute Gasteiger partial charge is 0.271 e. The van der Waals surface area contributed by atoms with Gasteiger partial charge in [0, 0.05) is 23.1 Å². The highest BCUT2D eigenvalue weighted by molar-refractivity contribution is 7.92. The zero-order chi connectivity index (χ0) is 18.0. The quantitative estimate of drug-likeness (QED) is 0.663. The highest BCUT2D eigenvalue weighted by Gasteiger charge is 2.15. The topological polar surface area (TPSA) is 50.3 Å². The first-order valence-electron chi connectivity index (χ1n) is 7.68. The summed E-state index contributed by atoms with van der Waals surface area (Å²) in [5.74, 6) is -0.293. The Labute approximate surface area is 150 Å². The Morgan fingerprint density at radius 2 is 1.84 bits per heavy atom. The van der Waals surface area contributed by atoms with E-state index in [-0.39, 0.29) is 5.82 Å². The van der Waals surface area contributed by atoms with Crippen LogP contribution < -0.4 is 4.31 Å². The standard InChI is InChI=1S/C18H17FN2O2S2/c1-3-21(25(2,22)23)16-9-7-13(8-10-16)17-12-24-18(20-17)14-5-4-6-15(19)11-14/h4-12H,3H2,1-2H3. The van der Waals surface area contributed by atoms with Crippen molar-refractivity contribution in [1.29, 1.82) is 0 Å². The average Bonchev–Trinajstić information content (AvgIpc) is 3.05. The van der Waals surface area contributed by atoms with Crippen LogP contribution in [0.15, 0.2) is 53.9 Å². The van der Waals surface area contributed by atoms with E-state index in [9.17, 15) is 12.8 Å². The van der Waals surface area contributed by atoms with E-state index in [2.05, 4.69) is 4.98 Å². The fraction of sp³-hybridized carbons (Fsp3) is 0.167. The van der Waals surface area contributed by atoms with Gasteiger partial charge in [-0.2, -0.15) is 0 Å². The van der Waals surface area contributed by atoms with Crippen molar-refractivity contribution in [3.63, 3.8) is 0 Å². The molecule has 2 aromatic carbocycles. The Bertz CT molecular complexity index is 982. The van der Waals surface area contributed by atoms with Crippen LogP contribution in [0.1, 0.15) is 6.92 Å². The summed E-state index contributed by atoms with van der Waals surface area (Å²) >= 11 is 1.44. The van der Waals surface area contributed by atoms with Crippen LogP contribution in [0, 0.1) is 5.82 Å². The first-order valence-corrected chi connectivity index (χ1v) is 10.4. The maximum absolute atomic E-state index is 13.4. The summed E-state index contributed by atoms with van der Waals surface area (Å²) in [5.41, 5.74) is 3.02. The number of halogens is 1. The Kier molecular flexibility index (Phi) is 4.87. The summed E-state index contributed by atoms with van der Waals surface area (Å²) in [4.78, 5) is 4.56. The Hall–Kier alpha value is -2.25. The number of anilines is 1. The van der Waals surface area contributed by atoms with Crippen molar-refractivity contribution in [2.24, 2.45) is 0 Å². The molecular weight excluding hydrogens is 359 g/mol. The van der Waals surface area contributed by atoms with E-state index < -0.39 is 10.0 Å². The van der Waals surface area contributed by atoms with Gasteiger partial charge in [0.15, 0.2) is 0 Å². The van der Waals surface area contributed by atoms with Crippen LogP contribution in [0.25, 0.3) is 21.8 Å². The second kappa shape index (κ2) is 6.93. The first kappa shape index (κ1) is 17.6. The minimum atomic E-state index is -3.30. The highest BCUT2D eigenvalue weighted by atomic mass is 32.2. The molecule has 0 aliphatic heterocycles. The molecule has 3 rings (SSSR count).